The Bertz CT molecular complexity index is 2200. The van der Waals surface area contributed by atoms with Crippen LogP contribution in [0, 0.1) is 0 Å². The van der Waals surface area contributed by atoms with Crippen LogP contribution in [0.3, 0.4) is 0 Å². The third-order valence-electron chi connectivity index (χ3n) is 7.49. The summed E-state index contributed by atoms with van der Waals surface area (Å²) < 4.78 is 0. The molecule has 3 aromatic heterocycles. The highest BCUT2D eigenvalue weighted by Crippen LogP contribution is 2.42. The topological polar surface area (TPSA) is 90.2 Å². The molecule has 0 radical (unpaired) electrons. The summed E-state index contributed by atoms with van der Waals surface area (Å²) in [4.78, 5) is 34.1. The van der Waals surface area contributed by atoms with E-state index in [0.717, 1.165) is 55.3 Å². The summed E-state index contributed by atoms with van der Waals surface area (Å²) in [7, 11) is 0. The van der Waals surface area contributed by atoms with E-state index in [1.165, 1.54) is 0 Å². The molecule has 0 saturated heterocycles. The van der Waals surface area contributed by atoms with E-state index < -0.39 is 0 Å². The number of aromatic nitrogens is 7. The van der Waals surface area contributed by atoms with Gasteiger partial charge in [-0.3, -0.25) is 9.97 Å². The number of fused-ring (bicyclic) bond motifs is 3. The van der Waals surface area contributed by atoms with Crippen LogP contribution in [0.5, 0.6) is 0 Å². The predicted molar refractivity (Wildman–Crippen MR) is 173 cm³/mol. The third-order valence-corrected chi connectivity index (χ3v) is 7.49. The first-order chi connectivity index (χ1) is 21.8. The van der Waals surface area contributed by atoms with Gasteiger partial charge in [-0.15, -0.1) is 0 Å². The van der Waals surface area contributed by atoms with Crippen LogP contribution in [0.4, 0.5) is 0 Å². The van der Waals surface area contributed by atoms with Crippen LogP contribution < -0.4 is 0 Å². The summed E-state index contributed by atoms with van der Waals surface area (Å²) in [6.45, 7) is 0. The van der Waals surface area contributed by atoms with Gasteiger partial charge in [0.2, 0.25) is 5.82 Å². The number of benzene rings is 5. The highest BCUT2D eigenvalue weighted by atomic mass is 15.1. The quantitative estimate of drug-likeness (QED) is 0.195. The number of hydrogen-bond acceptors (Lipinski definition) is 7. The van der Waals surface area contributed by atoms with Gasteiger partial charge in [0.05, 0.1) is 11.0 Å². The maximum atomic E-state index is 5.20. The Morgan fingerprint density at radius 3 is 1.27 bits per heavy atom. The van der Waals surface area contributed by atoms with Gasteiger partial charge in [-0.25, -0.2) is 24.9 Å². The summed E-state index contributed by atoms with van der Waals surface area (Å²) >= 11 is 0. The van der Waals surface area contributed by atoms with Crippen molar-refractivity contribution in [3.8, 4) is 56.7 Å². The van der Waals surface area contributed by atoms with Crippen molar-refractivity contribution in [3.05, 3.63) is 140 Å². The molecule has 0 atom stereocenters. The van der Waals surface area contributed by atoms with Gasteiger partial charge < -0.3 is 0 Å². The summed E-state index contributed by atoms with van der Waals surface area (Å²) in [5.41, 5.74) is 7.98. The molecule has 3 heterocycles. The summed E-state index contributed by atoms with van der Waals surface area (Å²) in [5, 5.41) is 0.802. The van der Waals surface area contributed by atoms with Crippen molar-refractivity contribution in [1.82, 2.24) is 34.9 Å². The lowest BCUT2D eigenvalue weighted by atomic mass is 9.90. The van der Waals surface area contributed by atoms with Crippen molar-refractivity contribution < 1.29 is 0 Å². The molecule has 0 bridgehead atoms. The van der Waals surface area contributed by atoms with Crippen molar-refractivity contribution in [2.75, 3.05) is 0 Å². The molecule has 0 N–H and O–H groups in total. The highest BCUT2D eigenvalue weighted by Gasteiger charge is 2.22. The highest BCUT2D eigenvalue weighted by molar-refractivity contribution is 6.17. The first-order valence-electron chi connectivity index (χ1n) is 14.2. The lowest BCUT2D eigenvalue weighted by Gasteiger charge is -2.16. The van der Waals surface area contributed by atoms with E-state index in [1.54, 1.807) is 12.4 Å². The summed E-state index contributed by atoms with van der Waals surface area (Å²) in [6, 6.07) is 40.3. The number of hydrogen-bond donors (Lipinski definition) is 0. The van der Waals surface area contributed by atoms with Crippen molar-refractivity contribution in [2.45, 2.75) is 0 Å². The molecule has 0 fully saturated rings. The van der Waals surface area contributed by atoms with Crippen LogP contribution in [-0.2, 0) is 0 Å². The first kappa shape index (κ1) is 25.5. The zero-order valence-electron chi connectivity index (χ0n) is 23.4. The van der Waals surface area contributed by atoms with Gasteiger partial charge in [0.25, 0.3) is 0 Å². The largest absolute Gasteiger partial charge is 0.252 e. The van der Waals surface area contributed by atoms with E-state index in [4.69, 9.17) is 34.9 Å². The molecular formula is C37H23N7. The zero-order valence-corrected chi connectivity index (χ0v) is 23.4. The molecule has 0 aliphatic rings. The molecule has 8 rings (SSSR count). The SMILES string of the molecule is c1ccc(-c2nc(-c3ccccc3)nc(-c3ncc4c(n3)c(-c3ccccc3)c(-c3ccccc3)c3nccnc34)n2)cc1. The van der Waals surface area contributed by atoms with Crippen molar-refractivity contribution in [3.63, 3.8) is 0 Å². The normalized spacial score (nSPS) is 11.2. The smallest absolute Gasteiger partial charge is 0.201 e. The molecular weight excluding hydrogens is 542 g/mol. The van der Waals surface area contributed by atoms with E-state index in [-0.39, 0.29) is 0 Å². The van der Waals surface area contributed by atoms with E-state index in [1.807, 2.05) is 103 Å². The monoisotopic (exact) mass is 565 g/mol. The van der Waals surface area contributed by atoms with E-state index in [0.29, 0.717) is 23.3 Å². The maximum absolute atomic E-state index is 5.20. The summed E-state index contributed by atoms with van der Waals surface area (Å²) in [6.07, 6.45) is 5.24. The fraction of sp³-hybridized carbons (Fsp3) is 0. The first-order valence-corrected chi connectivity index (χ1v) is 14.2. The lowest BCUT2D eigenvalue weighted by molar-refractivity contribution is 1.04. The molecule has 8 aromatic rings. The Balaban J connectivity index is 1.45. The average molecular weight is 566 g/mol. The van der Waals surface area contributed by atoms with E-state index >= 15 is 0 Å². The molecule has 7 nitrogen and oxygen atoms in total. The molecule has 0 saturated carbocycles. The van der Waals surface area contributed by atoms with Crippen LogP contribution in [-0.4, -0.2) is 34.9 Å². The molecule has 44 heavy (non-hydrogen) atoms. The number of rotatable bonds is 5. The van der Waals surface area contributed by atoms with Crippen molar-refractivity contribution in [1.29, 1.82) is 0 Å². The molecule has 0 aliphatic carbocycles. The fourth-order valence-corrected chi connectivity index (χ4v) is 5.49. The molecule has 0 aliphatic heterocycles. The Hall–Kier alpha value is -6.21. The van der Waals surface area contributed by atoms with Crippen molar-refractivity contribution in [2.24, 2.45) is 0 Å². The standard InChI is InChI=1S/C37H23N7/c1-5-13-24(14-6-1)29-30(25-15-7-2-8-16-25)33-32(38-21-22-39-33)28-23-40-36(41-31(28)29)37-43-34(26-17-9-3-10-18-26)42-35(44-37)27-19-11-4-12-20-27/h1-23H. The minimum atomic E-state index is 0.388. The van der Waals surface area contributed by atoms with Crippen LogP contribution in [0.25, 0.3) is 78.6 Å². The van der Waals surface area contributed by atoms with Crippen LogP contribution in [0.1, 0.15) is 0 Å². The second-order valence-electron chi connectivity index (χ2n) is 10.2. The van der Waals surface area contributed by atoms with Gasteiger partial charge in [0.15, 0.2) is 17.5 Å². The second kappa shape index (κ2) is 10.9. The Kier molecular flexibility index (Phi) is 6.31. The van der Waals surface area contributed by atoms with Gasteiger partial charge in [-0.05, 0) is 11.1 Å². The zero-order chi connectivity index (χ0) is 29.3. The molecule has 0 unspecified atom stereocenters. The molecule has 206 valence electrons. The summed E-state index contributed by atoms with van der Waals surface area (Å²) in [5.74, 6) is 1.89. The minimum Gasteiger partial charge on any atom is -0.252 e. The average Bonchev–Trinajstić information content (AvgIpc) is 3.12. The van der Waals surface area contributed by atoms with Gasteiger partial charge in [0, 0.05) is 46.2 Å². The number of nitrogens with zero attached hydrogens (tertiary/aromatic N) is 7. The minimum absolute atomic E-state index is 0.388. The molecule has 0 spiro atoms. The van der Waals surface area contributed by atoms with Gasteiger partial charge in [0.1, 0.15) is 5.52 Å². The molecule has 5 aromatic carbocycles. The van der Waals surface area contributed by atoms with Crippen LogP contribution in [0.2, 0.25) is 0 Å². The Morgan fingerprint density at radius 1 is 0.318 bits per heavy atom. The van der Waals surface area contributed by atoms with E-state index in [9.17, 15) is 0 Å². The van der Waals surface area contributed by atoms with Gasteiger partial charge in [-0.2, -0.15) is 0 Å². The van der Waals surface area contributed by atoms with Crippen molar-refractivity contribution >= 4 is 21.9 Å². The maximum Gasteiger partial charge on any atom is 0.201 e. The van der Waals surface area contributed by atoms with Crippen LogP contribution >= 0.6 is 0 Å². The second-order valence-corrected chi connectivity index (χ2v) is 10.2. The fourth-order valence-electron chi connectivity index (χ4n) is 5.49. The molecule has 0 amide bonds. The van der Waals surface area contributed by atoms with E-state index in [2.05, 4.69) is 24.3 Å². The molecule has 7 heteroatoms. The van der Waals surface area contributed by atoms with Crippen LogP contribution in [0.15, 0.2) is 140 Å². The van der Waals surface area contributed by atoms with Gasteiger partial charge in [-0.1, -0.05) is 121 Å². The predicted octanol–water partition coefficient (Wildman–Crippen LogP) is 8.09. The lowest BCUT2D eigenvalue weighted by Crippen LogP contribution is -2.04. The van der Waals surface area contributed by atoms with Gasteiger partial charge >= 0.3 is 0 Å². The Morgan fingerprint density at radius 2 is 0.750 bits per heavy atom. The third kappa shape index (κ3) is 4.53. The Labute approximate surface area is 253 Å².